The minimum absolute atomic E-state index is 0.300. The molecule has 0 saturated carbocycles. The first-order valence-corrected chi connectivity index (χ1v) is 7.73. The Morgan fingerprint density at radius 2 is 2.00 bits per heavy atom. The molecule has 2 rings (SSSR count). The number of nitrogens with one attached hydrogen (secondary N) is 1. The highest BCUT2D eigenvalue weighted by molar-refractivity contribution is 7.14. The highest BCUT2D eigenvalue weighted by atomic mass is 32.1. The van der Waals surface area contributed by atoms with Crippen molar-refractivity contribution in [3.8, 4) is 0 Å². The van der Waals surface area contributed by atoms with Gasteiger partial charge in [-0.15, -0.1) is 11.3 Å². The number of hydrogen-bond acceptors (Lipinski definition) is 4. The SMILES string of the molecule is CCc1cc(C(=O)OCC(=O)Nc2cc(F)ccc2F)sc1C. The largest absolute Gasteiger partial charge is 0.451 e. The summed E-state index contributed by atoms with van der Waals surface area (Å²) in [5.74, 6) is -2.81. The maximum Gasteiger partial charge on any atom is 0.348 e. The van der Waals surface area contributed by atoms with Gasteiger partial charge in [0, 0.05) is 10.9 Å². The first-order valence-electron chi connectivity index (χ1n) is 6.92. The van der Waals surface area contributed by atoms with Crippen LogP contribution < -0.4 is 5.32 Å². The van der Waals surface area contributed by atoms with Gasteiger partial charge >= 0.3 is 5.97 Å². The highest BCUT2D eigenvalue weighted by Crippen LogP contribution is 2.22. The van der Waals surface area contributed by atoms with E-state index < -0.39 is 30.1 Å². The number of ether oxygens (including phenoxy) is 1. The summed E-state index contributed by atoms with van der Waals surface area (Å²) >= 11 is 1.29. The third kappa shape index (κ3) is 4.35. The first-order chi connectivity index (χ1) is 10.9. The molecule has 4 nitrogen and oxygen atoms in total. The van der Waals surface area contributed by atoms with E-state index in [4.69, 9.17) is 4.74 Å². The lowest BCUT2D eigenvalue weighted by atomic mass is 10.2. The standard InChI is InChI=1S/C16H15F2NO3S/c1-3-10-6-14(23-9(10)2)16(21)22-8-15(20)19-13-7-11(17)4-5-12(13)18/h4-7H,3,8H2,1-2H3,(H,19,20). The Labute approximate surface area is 136 Å². The molecule has 1 heterocycles. The first kappa shape index (κ1) is 17.1. The molecule has 0 saturated heterocycles. The number of anilines is 1. The summed E-state index contributed by atoms with van der Waals surface area (Å²) < 4.78 is 31.3. The Kier molecular flexibility index (Phi) is 5.44. The van der Waals surface area contributed by atoms with Crippen molar-refractivity contribution < 1.29 is 23.1 Å². The van der Waals surface area contributed by atoms with E-state index in [1.54, 1.807) is 6.07 Å². The molecule has 122 valence electrons. The fraction of sp³-hybridized carbons (Fsp3) is 0.250. The molecule has 1 amide bonds. The number of hydrogen-bond donors (Lipinski definition) is 1. The molecule has 0 aliphatic rings. The van der Waals surface area contributed by atoms with Gasteiger partial charge in [-0.1, -0.05) is 6.92 Å². The zero-order valence-corrected chi connectivity index (χ0v) is 13.4. The van der Waals surface area contributed by atoms with E-state index in [0.717, 1.165) is 35.1 Å². The van der Waals surface area contributed by atoms with Crippen LogP contribution in [0.3, 0.4) is 0 Å². The lowest BCUT2D eigenvalue weighted by Gasteiger charge is -2.07. The average molecular weight is 339 g/mol. The Hall–Kier alpha value is -2.28. The van der Waals surface area contributed by atoms with Crippen molar-refractivity contribution in [2.24, 2.45) is 0 Å². The van der Waals surface area contributed by atoms with E-state index in [2.05, 4.69) is 5.32 Å². The fourth-order valence-corrected chi connectivity index (χ4v) is 2.96. The van der Waals surface area contributed by atoms with Crippen LogP contribution in [0.4, 0.5) is 14.5 Å². The van der Waals surface area contributed by atoms with Crippen LogP contribution >= 0.6 is 11.3 Å². The molecule has 1 aromatic heterocycles. The summed E-state index contributed by atoms with van der Waals surface area (Å²) in [5.41, 5.74) is 0.750. The Bertz CT molecular complexity index is 743. The number of benzene rings is 1. The van der Waals surface area contributed by atoms with Crippen LogP contribution in [0.25, 0.3) is 0 Å². The lowest BCUT2D eigenvalue weighted by Crippen LogP contribution is -2.21. The van der Waals surface area contributed by atoms with Gasteiger partial charge in [-0.05, 0) is 37.1 Å². The van der Waals surface area contributed by atoms with E-state index in [-0.39, 0.29) is 5.69 Å². The van der Waals surface area contributed by atoms with Gasteiger partial charge in [0.2, 0.25) is 0 Å². The Morgan fingerprint density at radius 1 is 1.26 bits per heavy atom. The second-order valence-electron chi connectivity index (χ2n) is 4.79. The molecule has 0 fully saturated rings. The van der Waals surface area contributed by atoms with Crippen molar-refractivity contribution in [2.45, 2.75) is 20.3 Å². The van der Waals surface area contributed by atoms with Crippen LogP contribution in [-0.4, -0.2) is 18.5 Å². The third-order valence-corrected chi connectivity index (χ3v) is 4.21. The van der Waals surface area contributed by atoms with Crippen molar-refractivity contribution in [1.29, 1.82) is 0 Å². The predicted octanol–water partition coefficient (Wildman–Crippen LogP) is 3.69. The van der Waals surface area contributed by atoms with Crippen LogP contribution in [-0.2, 0) is 16.0 Å². The maximum absolute atomic E-state index is 13.4. The zero-order valence-electron chi connectivity index (χ0n) is 12.6. The number of rotatable bonds is 5. The molecule has 0 spiro atoms. The summed E-state index contributed by atoms with van der Waals surface area (Å²) in [6.45, 7) is 3.30. The number of amides is 1. The summed E-state index contributed by atoms with van der Waals surface area (Å²) in [6.07, 6.45) is 0.801. The number of halogens is 2. The van der Waals surface area contributed by atoms with Gasteiger partial charge in [0.15, 0.2) is 6.61 Å². The van der Waals surface area contributed by atoms with Crippen LogP contribution in [0, 0.1) is 18.6 Å². The van der Waals surface area contributed by atoms with E-state index in [1.165, 1.54) is 11.3 Å². The van der Waals surface area contributed by atoms with Crippen molar-refractivity contribution in [3.05, 3.63) is 51.2 Å². The van der Waals surface area contributed by atoms with Crippen LogP contribution in [0.5, 0.6) is 0 Å². The topological polar surface area (TPSA) is 55.4 Å². The van der Waals surface area contributed by atoms with Crippen LogP contribution in [0.15, 0.2) is 24.3 Å². The van der Waals surface area contributed by atoms with Gasteiger partial charge in [-0.2, -0.15) is 0 Å². The highest BCUT2D eigenvalue weighted by Gasteiger charge is 2.15. The van der Waals surface area contributed by atoms with Crippen molar-refractivity contribution in [2.75, 3.05) is 11.9 Å². The van der Waals surface area contributed by atoms with Gasteiger partial charge in [0.1, 0.15) is 16.5 Å². The van der Waals surface area contributed by atoms with Crippen LogP contribution in [0.1, 0.15) is 27.0 Å². The van der Waals surface area contributed by atoms with Gasteiger partial charge in [-0.25, -0.2) is 13.6 Å². The predicted molar refractivity (Wildman–Crippen MR) is 83.7 cm³/mol. The molecule has 7 heteroatoms. The second-order valence-corrected chi connectivity index (χ2v) is 6.05. The van der Waals surface area contributed by atoms with Crippen LogP contribution in [0.2, 0.25) is 0 Å². The lowest BCUT2D eigenvalue weighted by molar-refractivity contribution is -0.119. The molecular formula is C16H15F2NO3S. The molecule has 23 heavy (non-hydrogen) atoms. The van der Waals surface area contributed by atoms with E-state index >= 15 is 0 Å². The molecule has 0 bridgehead atoms. The summed E-state index contributed by atoms with van der Waals surface area (Å²) in [5, 5.41) is 2.16. The summed E-state index contributed by atoms with van der Waals surface area (Å²) in [6, 6.07) is 4.42. The van der Waals surface area contributed by atoms with E-state index in [0.29, 0.717) is 4.88 Å². The monoisotopic (exact) mass is 339 g/mol. The molecule has 0 aliphatic heterocycles. The van der Waals surface area contributed by atoms with Gasteiger partial charge in [0.05, 0.1) is 5.69 Å². The van der Waals surface area contributed by atoms with Gasteiger partial charge < -0.3 is 10.1 Å². The number of esters is 1. The minimum Gasteiger partial charge on any atom is -0.451 e. The molecule has 0 aliphatic carbocycles. The normalized spacial score (nSPS) is 10.4. The second kappa shape index (κ2) is 7.32. The molecule has 0 radical (unpaired) electrons. The average Bonchev–Trinajstić information content (AvgIpc) is 2.89. The molecule has 0 atom stereocenters. The smallest absolute Gasteiger partial charge is 0.348 e. The van der Waals surface area contributed by atoms with Gasteiger partial charge in [-0.3, -0.25) is 4.79 Å². The quantitative estimate of drug-likeness (QED) is 0.845. The third-order valence-electron chi connectivity index (χ3n) is 3.14. The van der Waals surface area contributed by atoms with E-state index in [9.17, 15) is 18.4 Å². The molecular weight excluding hydrogens is 324 g/mol. The number of aryl methyl sites for hydroxylation is 2. The Balaban J connectivity index is 1.93. The maximum atomic E-state index is 13.4. The van der Waals surface area contributed by atoms with E-state index in [1.807, 2.05) is 13.8 Å². The molecule has 1 aromatic carbocycles. The fourth-order valence-electron chi connectivity index (χ4n) is 1.95. The Morgan fingerprint density at radius 3 is 2.65 bits per heavy atom. The van der Waals surface area contributed by atoms with Crippen molar-refractivity contribution in [1.82, 2.24) is 0 Å². The summed E-state index contributed by atoms with van der Waals surface area (Å²) in [7, 11) is 0. The minimum atomic E-state index is -0.771. The molecule has 0 unspecified atom stereocenters. The number of carbonyl (C=O) groups is 2. The molecule has 1 N–H and O–H groups in total. The van der Waals surface area contributed by atoms with Crippen molar-refractivity contribution in [3.63, 3.8) is 0 Å². The summed E-state index contributed by atoms with van der Waals surface area (Å²) in [4.78, 5) is 25.0. The number of thiophene rings is 1. The van der Waals surface area contributed by atoms with Crippen molar-refractivity contribution >= 4 is 28.9 Å². The molecule has 2 aromatic rings. The van der Waals surface area contributed by atoms with Gasteiger partial charge in [0.25, 0.3) is 5.91 Å². The zero-order chi connectivity index (χ0) is 17.0. The number of carbonyl (C=O) groups excluding carboxylic acids is 2.